The second kappa shape index (κ2) is 9.89. The van der Waals surface area contributed by atoms with Crippen LogP contribution in [0.3, 0.4) is 0 Å². The van der Waals surface area contributed by atoms with Crippen LogP contribution in [0.5, 0.6) is 11.5 Å². The maximum atomic E-state index is 11.1. The highest BCUT2D eigenvalue weighted by Gasteiger charge is 2.27. The monoisotopic (exact) mass is 490 g/mol. The molecule has 1 saturated carbocycles. The fraction of sp³-hybridized carbons (Fsp3) is 0.348. The standard InChI is InChI=1S/C23H24Cl2N4O4/c1-32-17-10-18(33-2)21(25)19(20(17)24)12-7-8-14-13(9-12)11-26-22(27-14)28-15-5-3-4-6-16(15)29-23(30)31/h7-11,15-16,29H,3-6H2,1-2H3,(H,30,31)(H,26,27,28)/t15-,16+/m1/s1. The van der Waals surface area contributed by atoms with Gasteiger partial charge in [0, 0.05) is 29.3 Å². The third-order valence-electron chi connectivity index (χ3n) is 5.83. The highest BCUT2D eigenvalue weighted by atomic mass is 35.5. The third-order valence-corrected chi connectivity index (χ3v) is 6.58. The van der Waals surface area contributed by atoms with E-state index >= 15 is 0 Å². The zero-order valence-corrected chi connectivity index (χ0v) is 19.7. The van der Waals surface area contributed by atoms with E-state index in [1.54, 1.807) is 12.3 Å². The first-order valence-electron chi connectivity index (χ1n) is 10.5. The number of benzene rings is 2. The minimum absolute atomic E-state index is 0.0616. The van der Waals surface area contributed by atoms with Crippen LogP contribution >= 0.6 is 23.2 Å². The van der Waals surface area contributed by atoms with E-state index < -0.39 is 6.09 Å². The zero-order valence-electron chi connectivity index (χ0n) is 18.2. The molecule has 1 aliphatic carbocycles. The molecule has 0 aliphatic heterocycles. The lowest BCUT2D eigenvalue weighted by Crippen LogP contribution is -2.48. The smallest absolute Gasteiger partial charge is 0.404 e. The Morgan fingerprint density at radius 1 is 1.06 bits per heavy atom. The van der Waals surface area contributed by atoms with E-state index in [1.165, 1.54) is 14.2 Å². The van der Waals surface area contributed by atoms with Crippen LogP contribution in [0.1, 0.15) is 25.7 Å². The molecule has 0 unspecified atom stereocenters. The number of ether oxygens (including phenoxy) is 2. The van der Waals surface area contributed by atoms with E-state index in [2.05, 4.69) is 20.6 Å². The molecule has 0 bridgehead atoms. The van der Waals surface area contributed by atoms with Crippen LogP contribution in [0.4, 0.5) is 10.7 Å². The minimum atomic E-state index is -1.02. The molecule has 1 amide bonds. The second-order valence-corrected chi connectivity index (χ2v) is 8.60. The molecule has 1 aliphatic rings. The Labute approximate surface area is 201 Å². The summed E-state index contributed by atoms with van der Waals surface area (Å²) < 4.78 is 10.7. The molecule has 0 radical (unpaired) electrons. The number of anilines is 1. The van der Waals surface area contributed by atoms with E-state index in [1.807, 2.05) is 18.2 Å². The Bertz CT molecular complexity index is 1160. The molecule has 8 nitrogen and oxygen atoms in total. The number of hydrogen-bond donors (Lipinski definition) is 3. The number of nitrogens with one attached hydrogen (secondary N) is 2. The lowest BCUT2D eigenvalue weighted by Gasteiger charge is -2.31. The molecular formula is C23H24Cl2N4O4. The number of amides is 1. The van der Waals surface area contributed by atoms with Gasteiger partial charge in [-0.05, 0) is 30.5 Å². The van der Waals surface area contributed by atoms with Crippen molar-refractivity contribution in [3.05, 3.63) is 40.5 Å². The number of carbonyl (C=O) groups is 1. The summed E-state index contributed by atoms with van der Waals surface area (Å²) >= 11 is 13.1. The Morgan fingerprint density at radius 3 is 2.36 bits per heavy atom. The molecule has 1 aromatic heterocycles. The third kappa shape index (κ3) is 4.86. The average Bonchev–Trinajstić information content (AvgIpc) is 2.80. The van der Waals surface area contributed by atoms with Crippen LogP contribution in [0.2, 0.25) is 10.0 Å². The second-order valence-electron chi connectivity index (χ2n) is 7.84. The van der Waals surface area contributed by atoms with Gasteiger partial charge >= 0.3 is 6.09 Å². The Balaban J connectivity index is 1.65. The molecule has 3 N–H and O–H groups in total. The van der Waals surface area contributed by atoms with E-state index in [9.17, 15) is 4.79 Å². The Hall–Kier alpha value is -2.97. The maximum absolute atomic E-state index is 11.1. The molecule has 1 heterocycles. The fourth-order valence-corrected chi connectivity index (χ4v) is 4.92. The molecular weight excluding hydrogens is 467 g/mol. The van der Waals surface area contributed by atoms with Gasteiger partial charge in [0.25, 0.3) is 0 Å². The fourth-order valence-electron chi connectivity index (χ4n) is 4.20. The first kappa shape index (κ1) is 23.2. The van der Waals surface area contributed by atoms with Gasteiger partial charge in [0.15, 0.2) is 0 Å². The highest BCUT2D eigenvalue weighted by Crippen LogP contribution is 2.46. The zero-order chi connectivity index (χ0) is 23.5. The number of aromatic nitrogens is 2. The molecule has 0 spiro atoms. The van der Waals surface area contributed by atoms with Gasteiger partial charge in [-0.1, -0.05) is 42.1 Å². The molecule has 3 aromatic rings. The topological polar surface area (TPSA) is 106 Å². The van der Waals surface area contributed by atoms with Crippen molar-refractivity contribution in [2.75, 3.05) is 19.5 Å². The first-order valence-corrected chi connectivity index (χ1v) is 11.3. The Kier molecular flexibility index (Phi) is 6.95. The van der Waals surface area contributed by atoms with E-state index in [4.69, 9.17) is 37.8 Å². The maximum Gasteiger partial charge on any atom is 0.404 e. The van der Waals surface area contributed by atoms with Crippen molar-refractivity contribution in [1.29, 1.82) is 0 Å². The van der Waals surface area contributed by atoms with Gasteiger partial charge in [0.2, 0.25) is 5.95 Å². The highest BCUT2D eigenvalue weighted by molar-refractivity contribution is 6.41. The summed E-state index contributed by atoms with van der Waals surface area (Å²) in [6.07, 6.45) is 4.34. The number of nitrogens with zero attached hydrogens (tertiary/aromatic N) is 2. The van der Waals surface area contributed by atoms with Gasteiger partial charge in [-0.15, -0.1) is 0 Å². The van der Waals surface area contributed by atoms with Gasteiger partial charge in [0.1, 0.15) is 11.5 Å². The Morgan fingerprint density at radius 2 is 1.73 bits per heavy atom. The number of carboxylic acid groups (broad SMARTS) is 1. The summed E-state index contributed by atoms with van der Waals surface area (Å²) in [4.78, 5) is 20.2. The first-order chi connectivity index (χ1) is 15.9. The number of hydrogen-bond acceptors (Lipinski definition) is 6. The summed E-state index contributed by atoms with van der Waals surface area (Å²) in [5.41, 5.74) is 2.11. The summed E-state index contributed by atoms with van der Waals surface area (Å²) in [5, 5.41) is 16.6. The molecule has 33 heavy (non-hydrogen) atoms. The predicted octanol–water partition coefficient (Wildman–Crippen LogP) is 5.61. The van der Waals surface area contributed by atoms with E-state index in [-0.39, 0.29) is 12.1 Å². The normalized spacial score (nSPS) is 18.1. The van der Waals surface area contributed by atoms with Crippen LogP contribution < -0.4 is 20.1 Å². The number of methoxy groups -OCH3 is 2. The van der Waals surface area contributed by atoms with Gasteiger partial charge in [-0.3, -0.25) is 0 Å². The predicted molar refractivity (Wildman–Crippen MR) is 129 cm³/mol. The van der Waals surface area contributed by atoms with E-state index in [0.717, 1.165) is 42.1 Å². The van der Waals surface area contributed by atoms with Crippen LogP contribution in [-0.2, 0) is 0 Å². The van der Waals surface area contributed by atoms with Crippen LogP contribution in [0.15, 0.2) is 30.5 Å². The lowest BCUT2D eigenvalue weighted by molar-refractivity contribution is 0.184. The largest absolute Gasteiger partial charge is 0.495 e. The lowest BCUT2D eigenvalue weighted by atomic mass is 9.90. The molecule has 174 valence electrons. The van der Waals surface area contributed by atoms with Gasteiger partial charge < -0.3 is 25.2 Å². The van der Waals surface area contributed by atoms with Crippen LogP contribution in [0, 0.1) is 0 Å². The van der Waals surface area contributed by atoms with Gasteiger partial charge in [0.05, 0.1) is 35.8 Å². The molecule has 10 heteroatoms. The summed E-state index contributed by atoms with van der Waals surface area (Å²) in [5.74, 6) is 1.38. The molecule has 2 atom stereocenters. The van der Waals surface area contributed by atoms with Crippen molar-refractivity contribution in [2.45, 2.75) is 37.8 Å². The SMILES string of the molecule is COc1cc(OC)c(Cl)c(-c2ccc3nc(N[C@@H]4CCCC[C@@H]4NC(=O)O)ncc3c2)c1Cl. The van der Waals surface area contributed by atoms with Crippen LogP contribution in [0.25, 0.3) is 22.0 Å². The van der Waals surface area contributed by atoms with Gasteiger partial charge in [-0.2, -0.15) is 0 Å². The van der Waals surface area contributed by atoms with Crippen molar-refractivity contribution in [3.8, 4) is 22.6 Å². The van der Waals surface area contributed by atoms with Crippen molar-refractivity contribution in [1.82, 2.24) is 15.3 Å². The van der Waals surface area contributed by atoms with Gasteiger partial charge in [-0.25, -0.2) is 14.8 Å². The van der Waals surface area contributed by atoms with E-state index in [0.29, 0.717) is 33.1 Å². The van der Waals surface area contributed by atoms with Crippen molar-refractivity contribution < 1.29 is 19.4 Å². The average molecular weight is 491 g/mol. The molecule has 4 rings (SSSR count). The molecule has 0 saturated heterocycles. The number of rotatable bonds is 6. The molecule has 2 aromatic carbocycles. The summed E-state index contributed by atoms with van der Waals surface area (Å²) in [7, 11) is 3.06. The van der Waals surface area contributed by atoms with Crippen LogP contribution in [-0.4, -0.2) is 47.5 Å². The molecule has 1 fully saturated rings. The quantitative estimate of drug-likeness (QED) is 0.412. The minimum Gasteiger partial charge on any atom is -0.495 e. The summed E-state index contributed by atoms with van der Waals surface area (Å²) in [6.45, 7) is 0. The summed E-state index contributed by atoms with van der Waals surface area (Å²) in [6, 6.07) is 7.05. The number of halogens is 2. The number of fused-ring (bicyclic) bond motifs is 1. The van der Waals surface area contributed by atoms with Crippen molar-refractivity contribution in [3.63, 3.8) is 0 Å². The van der Waals surface area contributed by atoms with Crippen molar-refractivity contribution >= 4 is 46.1 Å². The van der Waals surface area contributed by atoms with Crippen molar-refractivity contribution in [2.24, 2.45) is 0 Å².